The van der Waals surface area contributed by atoms with Crippen molar-refractivity contribution in [1.29, 1.82) is 0 Å². The van der Waals surface area contributed by atoms with Crippen LogP contribution >= 0.6 is 11.6 Å². The molecule has 1 aliphatic carbocycles. The maximum Gasteiger partial charge on any atom is 0.305 e. The minimum atomic E-state index is -0.907. The van der Waals surface area contributed by atoms with E-state index >= 15 is 0 Å². The number of hydrogen-bond acceptors (Lipinski definition) is 3. The second-order valence-corrected chi connectivity index (χ2v) is 5.30. The molecule has 19 heavy (non-hydrogen) atoms. The number of carbonyl (C=O) groups is 2. The van der Waals surface area contributed by atoms with E-state index in [0.29, 0.717) is 29.1 Å². The number of carbonyl (C=O) groups excluding carboxylic acids is 1. The summed E-state index contributed by atoms with van der Waals surface area (Å²) in [4.78, 5) is 22.9. The summed E-state index contributed by atoms with van der Waals surface area (Å²) in [5.74, 6) is -1.22. The summed E-state index contributed by atoms with van der Waals surface area (Å²) in [5, 5.41) is 12.0. The molecule has 0 aliphatic heterocycles. The zero-order chi connectivity index (χ0) is 14.0. The fourth-order valence-electron chi connectivity index (χ4n) is 2.22. The summed E-state index contributed by atoms with van der Waals surface area (Å²) in [5.41, 5.74) is 5.75. The molecule has 2 rings (SSSR count). The third-order valence-corrected chi connectivity index (χ3v) is 3.77. The first-order chi connectivity index (χ1) is 8.92. The molecule has 0 unspecified atom stereocenters. The van der Waals surface area contributed by atoms with Gasteiger partial charge in [-0.05, 0) is 37.5 Å². The van der Waals surface area contributed by atoms with Crippen molar-refractivity contribution in [3.8, 4) is 0 Å². The van der Waals surface area contributed by atoms with Crippen LogP contribution in [0.1, 0.15) is 36.0 Å². The third kappa shape index (κ3) is 2.98. The van der Waals surface area contributed by atoms with Crippen molar-refractivity contribution in [1.82, 2.24) is 5.32 Å². The van der Waals surface area contributed by atoms with Crippen molar-refractivity contribution >= 4 is 29.2 Å². The first-order valence-corrected chi connectivity index (χ1v) is 6.39. The van der Waals surface area contributed by atoms with Gasteiger partial charge in [-0.25, -0.2) is 0 Å². The Morgan fingerprint density at radius 2 is 2.11 bits per heavy atom. The number of rotatable bonds is 4. The van der Waals surface area contributed by atoms with E-state index in [0.717, 1.165) is 6.42 Å². The van der Waals surface area contributed by atoms with Crippen LogP contribution in [0.15, 0.2) is 18.2 Å². The fourth-order valence-corrected chi connectivity index (χ4v) is 2.40. The molecule has 6 heteroatoms. The molecule has 0 bridgehead atoms. The third-order valence-electron chi connectivity index (χ3n) is 3.44. The number of aliphatic carboxylic acids is 1. The van der Waals surface area contributed by atoms with Gasteiger partial charge in [-0.2, -0.15) is 0 Å². The van der Waals surface area contributed by atoms with Crippen LogP contribution in [0.5, 0.6) is 0 Å². The number of halogens is 1. The lowest BCUT2D eigenvalue weighted by atomic mass is 9.74. The fraction of sp³-hybridized carbons (Fsp3) is 0.385. The molecule has 0 atom stereocenters. The van der Waals surface area contributed by atoms with Crippen molar-refractivity contribution in [2.24, 2.45) is 0 Å². The Labute approximate surface area is 115 Å². The Morgan fingerprint density at radius 3 is 2.58 bits per heavy atom. The lowest BCUT2D eigenvalue weighted by Gasteiger charge is -2.41. The molecule has 1 saturated carbocycles. The van der Waals surface area contributed by atoms with Crippen LogP contribution in [0.3, 0.4) is 0 Å². The standard InChI is InChI=1S/C13H15ClN2O3/c14-9-6-8(2-3-10(9)15)12(19)16-13(4-1-5-13)7-11(17)18/h2-3,6H,1,4-5,7,15H2,(H,16,19)(H,17,18). The van der Waals surface area contributed by atoms with Gasteiger partial charge in [-0.1, -0.05) is 11.6 Å². The highest BCUT2D eigenvalue weighted by Crippen LogP contribution is 2.35. The Bertz CT molecular complexity index is 527. The van der Waals surface area contributed by atoms with Gasteiger partial charge < -0.3 is 16.2 Å². The van der Waals surface area contributed by atoms with Gasteiger partial charge in [0, 0.05) is 5.56 Å². The average Bonchev–Trinajstić information content (AvgIpc) is 2.29. The Morgan fingerprint density at radius 1 is 1.42 bits per heavy atom. The molecule has 1 aliphatic rings. The van der Waals surface area contributed by atoms with E-state index in [4.69, 9.17) is 22.4 Å². The average molecular weight is 283 g/mol. The molecular weight excluding hydrogens is 268 g/mol. The van der Waals surface area contributed by atoms with Crippen molar-refractivity contribution in [2.75, 3.05) is 5.73 Å². The highest BCUT2D eigenvalue weighted by molar-refractivity contribution is 6.33. The van der Waals surface area contributed by atoms with Crippen LogP contribution in [0.2, 0.25) is 5.02 Å². The smallest absolute Gasteiger partial charge is 0.305 e. The Balaban J connectivity index is 2.11. The number of amides is 1. The first-order valence-electron chi connectivity index (χ1n) is 6.01. The number of carboxylic acid groups (broad SMARTS) is 1. The number of nitrogen functional groups attached to an aromatic ring is 1. The number of nitrogens with two attached hydrogens (primary N) is 1. The number of benzene rings is 1. The molecule has 4 N–H and O–H groups in total. The van der Waals surface area contributed by atoms with Gasteiger partial charge in [0.1, 0.15) is 0 Å². The molecule has 1 aromatic rings. The first kappa shape index (κ1) is 13.7. The highest BCUT2D eigenvalue weighted by Gasteiger charge is 2.40. The maximum atomic E-state index is 12.1. The molecule has 0 heterocycles. The maximum absolute atomic E-state index is 12.1. The topological polar surface area (TPSA) is 92.4 Å². The SMILES string of the molecule is Nc1ccc(C(=O)NC2(CC(=O)O)CCC2)cc1Cl. The predicted octanol–water partition coefficient (Wildman–Crippen LogP) is 2.05. The summed E-state index contributed by atoms with van der Waals surface area (Å²) in [6, 6.07) is 4.62. The highest BCUT2D eigenvalue weighted by atomic mass is 35.5. The Kier molecular flexibility index (Phi) is 3.66. The molecule has 102 valence electrons. The molecule has 5 nitrogen and oxygen atoms in total. The summed E-state index contributed by atoms with van der Waals surface area (Å²) in [6.07, 6.45) is 2.25. The van der Waals surface area contributed by atoms with Gasteiger partial charge >= 0.3 is 5.97 Å². The summed E-state index contributed by atoms with van der Waals surface area (Å²) in [7, 11) is 0. The van der Waals surface area contributed by atoms with Crippen LogP contribution in [0.4, 0.5) is 5.69 Å². The molecule has 1 fully saturated rings. The van der Waals surface area contributed by atoms with E-state index in [2.05, 4.69) is 5.32 Å². The van der Waals surface area contributed by atoms with Crippen LogP contribution in [-0.2, 0) is 4.79 Å². The second kappa shape index (κ2) is 5.09. The largest absolute Gasteiger partial charge is 0.481 e. The van der Waals surface area contributed by atoms with Gasteiger partial charge in [-0.3, -0.25) is 9.59 Å². The van der Waals surface area contributed by atoms with Gasteiger partial charge in [0.15, 0.2) is 0 Å². The van der Waals surface area contributed by atoms with E-state index in [9.17, 15) is 9.59 Å². The van der Waals surface area contributed by atoms with Gasteiger partial charge in [-0.15, -0.1) is 0 Å². The monoisotopic (exact) mass is 282 g/mol. The normalized spacial score (nSPS) is 16.5. The van der Waals surface area contributed by atoms with Crippen LogP contribution in [0.25, 0.3) is 0 Å². The Hall–Kier alpha value is -1.75. The molecule has 1 amide bonds. The van der Waals surface area contributed by atoms with E-state index < -0.39 is 11.5 Å². The minimum Gasteiger partial charge on any atom is -0.481 e. The summed E-state index contributed by atoms with van der Waals surface area (Å²) < 4.78 is 0. The quantitative estimate of drug-likeness (QED) is 0.737. The van der Waals surface area contributed by atoms with E-state index in [-0.39, 0.29) is 12.3 Å². The minimum absolute atomic E-state index is 0.0541. The van der Waals surface area contributed by atoms with E-state index in [1.165, 1.54) is 6.07 Å². The van der Waals surface area contributed by atoms with Crippen LogP contribution < -0.4 is 11.1 Å². The zero-order valence-corrected chi connectivity index (χ0v) is 11.0. The zero-order valence-electron chi connectivity index (χ0n) is 10.3. The molecule has 0 aromatic heterocycles. The lowest BCUT2D eigenvalue weighted by Crippen LogP contribution is -2.54. The van der Waals surface area contributed by atoms with Gasteiger partial charge in [0.05, 0.1) is 22.7 Å². The van der Waals surface area contributed by atoms with E-state index in [1.54, 1.807) is 12.1 Å². The van der Waals surface area contributed by atoms with Crippen molar-refractivity contribution in [3.63, 3.8) is 0 Å². The second-order valence-electron chi connectivity index (χ2n) is 4.89. The molecule has 0 saturated heterocycles. The molecular formula is C13H15ClN2O3. The van der Waals surface area contributed by atoms with Crippen molar-refractivity contribution in [2.45, 2.75) is 31.2 Å². The molecule has 1 aromatic carbocycles. The number of hydrogen-bond donors (Lipinski definition) is 3. The summed E-state index contributed by atoms with van der Waals surface area (Å²) >= 11 is 5.86. The molecule has 0 spiro atoms. The van der Waals surface area contributed by atoms with Crippen LogP contribution in [0, 0.1) is 0 Å². The van der Waals surface area contributed by atoms with Crippen LogP contribution in [-0.4, -0.2) is 22.5 Å². The van der Waals surface area contributed by atoms with Gasteiger partial charge in [0.2, 0.25) is 0 Å². The predicted molar refractivity (Wildman–Crippen MR) is 72.2 cm³/mol. The summed E-state index contributed by atoms with van der Waals surface area (Å²) in [6.45, 7) is 0. The van der Waals surface area contributed by atoms with E-state index in [1.807, 2.05) is 0 Å². The number of anilines is 1. The number of carboxylic acids is 1. The van der Waals surface area contributed by atoms with Crippen molar-refractivity contribution < 1.29 is 14.7 Å². The molecule has 0 radical (unpaired) electrons. The lowest BCUT2D eigenvalue weighted by molar-refractivity contribution is -0.139. The van der Waals surface area contributed by atoms with Crippen molar-refractivity contribution in [3.05, 3.63) is 28.8 Å². The van der Waals surface area contributed by atoms with Gasteiger partial charge in [0.25, 0.3) is 5.91 Å². The number of nitrogens with one attached hydrogen (secondary N) is 1.